The quantitative estimate of drug-likeness (QED) is 0.653. The molecule has 1 aliphatic heterocycles. The molecule has 2 aromatic rings. The van der Waals surface area contributed by atoms with Gasteiger partial charge in [0.25, 0.3) is 0 Å². The normalized spacial score (nSPS) is 16.7. The third-order valence-electron chi connectivity index (χ3n) is 4.86. The number of aromatic nitrogens is 1. The molecule has 144 valence electrons. The average Bonchev–Trinajstić information content (AvgIpc) is 3.04. The molecule has 0 aliphatic carbocycles. The van der Waals surface area contributed by atoms with Crippen molar-refractivity contribution in [3.05, 3.63) is 60.2 Å². The van der Waals surface area contributed by atoms with Crippen molar-refractivity contribution in [3.63, 3.8) is 0 Å². The predicted molar refractivity (Wildman–Crippen MR) is 102 cm³/mol. The Balaban J connectivity index is 1.33. The highest BCUT2D eigenvalue weighted by Gasteiger charge is 2.29. The molecule has 6 heteroatoms. The molecule has 1 fully saturated rings. The van der Waals surface area contributed by atoms with Crippen molar-refractivity contribution in [1.82, 2.24) is 15.2 Å². The van der Waals surface area contributed by atoms with Crippen molar-refractivity contribution in [2.75, 3.05) is 26.2 Å². The second kappa shape index (κ2) is 10.0. The Labute approximate surface area is 159 Å². The summed E-state index contributed by atoms with van der Waals surface area (Å²) in [7, 11) is 0. The maximum Gasteiger partial charge on any atom is 0.222 e. The first-order chi connectivity index (χ1) is 13.2. The summed E-state index contributed by atoms with van der Waals surface area (Å²) in [5, 5.41) is 3.36. The predicted octanol–water partition coefficient (Wildman–Crippen LogP) is 2.81. The van der Waals surface area contributed by atoms with Crippen LogP contribution in [0.2, 0.25) is 0 Å². The summed E-state index contributed by atoms with van der Waals surface area (Å²) >= 11 is 0. The topological polar surface area (TPSA) is 54.5 Å². The van der Waals surface area contributed by atoms with Gasteiger partial charge in [-0.15, -0.1) is 0 Å². The molecule has 1 N–H and O–H groups in total. The lowest BCUT2D eigenvalue weighted by molar-refractivity contribution is -0.129. The number of nitrogens with one attached hydrogen (secondary N) is 1. The van der Waals surface area contributed by atoms with E-state index in [2.05, 4.69) is 10.3 Å². The van der Waals surface area contributed by atoms with E-state index in [1.54, 1.807) is 24.5 Å². The zero-order valence-electron chi connectivity index (χ0n) is 15.4. The van der Waals surface area contributed by atoms with Crippen LogP contribution in [0.25, 0.3) is 0 Å². The molecular weight excluding hydrogens is 345 g/mol. The summed E-state index contributed by atoms with van der Waals surface area (Å²) in [6.45, 7) is 2.85. The van der Waals surface area contributed by atoms with Crippen molar-refractivity contribution in [3.8, 4) is 5.75 Å². The Hall–Kier alpha value is -2.47. The van der Waals surface area contributed by atoms with Gasteiger partial charge in [0.1, 0.15) is 18.2 Å². The van der Waals surface area contributed by atoms with Crippen LogP contribution < -0.4 is 10.1 Å². The SMILES string of the molecule is O=C1CC[C@H](CCNCCOc2ccc(F)cc2)N1CCc1ccncc1. The summed E-state index contributed by atoms with van der Waals surface area (Å²) in [5.74, 6) is 0.663. The Morgan fingerprint density at radius 3 is 2.70 bits per heavy atom. The molecule has 0 saturated carbocycles. The molecule has 1 saturated heterocycles. The molecule has 2 heterocycles. The van der Waals surface area contributed by atoms with Crippen molar-refractivity contribution < 1.29 is 13.9 Å². The molecule has 1 amide bonds. The number of carbonyl (C=O) groups excluding carboxylic acids is 1. The van der Waals surface area contributed by atoms with Gasteiger partial charge in [-0.25, -0.2) is 4.39 Å². The van der Waals surface area contributed by atoms with Gasteiger partial charge < -0.3 is 15.0 Å². The van der Waals surface area contributed by atoms with E-state index in [4.69, 9.17) is 4.74 Å². The van der Waals surface area contributed by atoms with E-state index in [0.29, 0.717) is 24.8 Å². The van der Waals surface area contributed by atoms with Crippen LogP contribution in [0.1, 0.15) is 24.8 Å². The van der Waals surface area contributed by atoms with E-state index in [1.807, 2.05) is 17.0 Å². The summed E-state index contributed by atoms with van der Waals surface area (Å²) in [4.78, 5) is 18.2. The van der Waals surface area contributed by atoms with E-state index in [1.165, 1.54) is 17.7 Å². The van der Waals surface area contributed by atoms with E-state index in [9.17, 15) is 9.18 Å². The molecule has 3 rings (SSSR count). The van der Waals surface area contributed by atoms with Gasteiger partial charge >= 0.3 is 0 Å². The first-order valence-electron chi connectivity index (χ1n) is 9.50. The Morgan fingerprint density at radius 2 is 1.93 bits per heavy atom. The minimum absolute atomic E-state index is 0.258. The smallest absolute Gasteiger partial charge is 0.222 e. The van der Waals surface area contributed by atoms with Gasteiger partial charge in [0.05, 0.1) is 0 Å². The second-order valence-corrected chi connectivity index (χ2v) is 6.73. The fraction of sp³-hybridized carbons (Fsp3) is 0.429. The number of ether oxygens (including phenoxy) is 1. The van der Waals surface area contributed by atoms with Crippen LogP contribution >= 0.6 is 0 Å². The Kier molecular flexibility index (Phi) is 7.16. The summed E-state index contributed by atoms with van der Waals surface area (Å²) in [6.07, 6.45) is 6.97. The number of likely N-dealkylation sites (tertiary alicyclic amines) is 1. The van der Waals surface area contributed by atoms with Crippen molar-refractivity contribution in [2.24, 2.45) is 0 Å². The van der Waals surface area contributed by atoms with Crippen molar-refractivity contribution in [2.45, 2.75) is 31.7 Å². The molecule has 1 aromatic carbocycles. The number of nitrogens with zero attached hydrogens (tertiary/aromatic N) is 2. The molecular formula is C21H26FN3O2. The third-order valence-corrected chi connectivity index (χ3v) is 4.86. The van der Waals surface area contributed by atoms with Crippen LogP contribution in [-0.2, 0) is 11.2 Å². The van der Waals surface area contributed by atoms with Crippen LogP contribution in [-0.4, -0.2) is 48.1 Å². The minimum Gasteiger partial charge on any atom is -0.492 e. The van der Waals surface area contributed by atoms with Crippen LogP contribution in [0.15, 0.2) is 48.8 Å². The van der Waals surface area contributed by atoms with Gasteiger partial charge in [0.15, 0.2) is 0 Å². The monoisotopic (exact) mass is 371 g/mol. The van der Waals surface area contributed by atoms with Crippen molar-refractivity contribution >= 4 is 5.91 Å². The van der Waals surface area contributed by atoms with E-state index >= 15 is 0 Å². The molecule has 0 radical (unpaired) electrons. The number of halogens is 1. The van der Waals surface area contributed by atoms with Gasteiger partial charge in [0, 0.05) is 37.9 Å². The second-order valence-electron chi connectivity index (χ2n) is 6.73. The number of hydrogen-bond acceptors (Lipinski definition) is 4. The van der Waals surface area contributed by atoms with E-state index in [-0.39, 0.29) is 11.7 Å². The van der Waals surface area contributed by atoms with Gasteiger partial charge in [-0.2, -0.15) is 0 Å². The molecule has 5 nitrogen and oxygen atoms in total. The first kappa shape index (κ1) is 19.3. The lowest BCUT2D eigenvalue weighted by Gasteiger charge is -2.25. The maximum atomic E-state index is 12.8. The van der Waals surface area contributed by atoms with Crippen molar-refractivity contribution in [1.29, 1.82) is 0 Å². The highest BCUT2D eigenvalue weighted by atomic mass is 19.1. The summed E-state index contributed by atoms with van der Waals surface area (Å²) in [6, 6.07) is 10.3. The molecule has 0 unspecified atom stereocenters. The van der Waals surface area contributed by atoms with Crippen LogP contribution in [0.3, 0.4) is 0 Å². The lowest BCUT2D eigenvalue weighted by Crippen LogP contribution is -2.37. The first-order valence-corrected chi connectivity index (χ1v) is 9.50. The highest BCUT2D eigenvalue weighted by molar-refractivity contribution is 5.78. The van der Waals surface area contributed by atoms with Crippen LogP contribution in [0.5, 0.6) is 5.75 Å². The van der Waals surface area contributed by atoms with Gasteiger partial charge in [0.2, 0.25) is 5.91 Å². The zero-order valence-corrected chi connectivity index (χ0v) is 15.4. The fourth-order valence-corrected chi connectivity index (χ4v) is 3.37. The Morgan fingerprint density at radius 1 is 1.15 bits per heavy atom. The molecule has 1 aliphatic rings. The van der Waals surface area contributed by atoms with Crippen LogP contribution in [0, 0.1) is 5.82 Å². The number of carbonyl (C=O) groups is 1. The number of amides is 1. The van der Waals surface area contributed by atoms with Crippen LogP contribution in [0.4, 0.5) is 4.39 Å². The fourth-order valence-electron chi connectivity index (χ4n) is 3.37. The zero-order chi connectivity index (χ0) is 18.9. The van der Waals surface area contributed by atoms with Gasteiger partial charge in [-0.05, 0) is 67.8 Å². The molecule has 0 bridgehead atoms. The number of pyridine rings is 1. The summed E-state index contributed by atoms with van der Waals surface area (Å²) < 4.78 is 18.4. The maximum absolute atomic E-state index is 12.8. The number of hydrogen-bond donors (Lipinski definition) is 1. The third kappa shape index (κ3) is 6.03. The number of benzene rings is 1. The average molecular weight is 371 g/mol. The molecule has 0 spiro atoms. The minimum atomic E-state index is -0.264. The molecule has 1 atom stereocenters. The molecule has 1 aromatic heterocycles. The van der Waals surface area contributed by atoms with Gasteiger partial charge in [-0.3, -0.25) is 9.78 Å². The number of rotatable bonds is 10. The standard InChI is InChI=1S/C21H26FN3O2/c22-18-1-4-20(5-2-18)27-16-14-24-13-9-19-3-6-21(26)25(19)15-10-17-7-11-23-12-8-17/h1-2,4-5,7-8,11-12,19,24H,3,6,9-10,13-16H2/t19-/m1/s1. The molecule has 27 heavy (non-hydrogen) atoms. The largest absolute Gasteiger partial charge is 0.492 e. The highest BCUT2D eigenvalue weighted by Crippen LogP contribution is 2.21. The van der Waals surface area contributed by atoms with E-state index < -0.39 is 0 Å². The van der Waals surface area contributed by atoms with E-state index in [0.717, 1.165) is 38.9 Å². The van der Waals surface area contributed by atoms with Gasteiger partial charge in [-0.1, -0.05) is 0 Å². The summed E-state index contributed by atoms with van der Waals surface area (Å²) in [5.41, 5.74) is 1.21. The lowest BCUT2D eigenvalue weighted by atomic mass is 10.1. The Bertz CT molecular complexity index is 709.